The zero-order valence-corrected chi connectivity index (χ0v) is 27.6. The van der Waals surface area contributed by atoms with Crippen LogP contribution in [0, 0.1) is 0 Å². The van der Waals surface area contributed by atoms with E-state index in [2.05, 4.69) is 39.8 Å². The summed E-state index contributed by atoms with van der Waals surface area (Å²) in [5.74, 6) is 2.00. The molecular formula is C36H52O3S2. The highest BCUT2D eigenvalue weighted by molar-refractivity contribution is 7.87. The predicted octanol–water partition coefficient (Wildman–Crippen LogP) is 11.1. The summed E-state index contributed by atoms with van der Waals surface area (Å²) in [5, 5.41) is 0. The van der Waals surface area contributed by atoms with Crippen LogP contribution in [0.2, 0.25) is 0 Å². The highest BCUT2D eigenvalue weighted by Gasteiger charge is 2.34. The van der Waals surface area contributed by atoms with Crippen LogP contribution in [-0.2, 0) is 10.1 Å². The van der Waals surface area contributed by atoms with Gasteiger partial charge < -0.3 is 4.18 Å². The van der Waals surface area contributed by atoms with Gasteiger partial charge in [0.15, 0.2) is 0 Å². The summed E-state index contributed by atoms with van der Waals surface area (Å²) in [5.41, 5.74) is 5.60. The molecule has 0 aliphatic heterocycles. The third-order valence-electron chi connectivity index (χ3n) is 10.2. The van der Waals surface area contributed by atoms with E-state index in [9.17, 15) is 8.42 Å². The van der Waals surface area contributed by atoms with Crippen molar-refractivity contribution in [2.24, 2.45) is 0 Å². The van der Waals surface area contributed by atoms with Crippen LogP contribution in [0.5, 0.6) is 5.75 Å². The van der Waals surface area contributed by atoms with E-state index in [1.54, 1.807) is 0 Å². The number of rotatable bonds is 8. The first-order chi connectivity index (χ1) is 19.7. The van der Waals surface area contributed by atoms with Crippen LogP contribution in [0.15, 0.2) is 34.1 Å². The van der Waals surface area contributed by atoms with Gasteiger partial charge in [0, 0.05) is 4.90 Å². The summed E-state index contributed by atoms with van der Waals surface area (Å²) in [6.45, 7) is 8.52. The number of hydrogen-bond donors (Lipinski definition) is 1. The van der Waals surface area contributed by atoms with Crippen molar-refractivity contribution in [2.75, 3.05) is 0 Å². The molecule has 3 nitrogen and oxygen atoms in total. The molecule has 5 rings (SSSR count). The fraction of sp³-hybridized carbons (Fsp3) is 0.667. The van der Waals surface area contributed by atoms with E-state index in [1.165, 1.54) is 76.2 Å². The van der Waals surface area contributed by atoms with Gasteiger partial charge in [-0.25, -0.2) is 0 Å². The van der Waals surface area contributed by atoms with Gasteiger partial charge in [-0.05, 0) is 108 Å². The summed E-state index contributed by atoms with van der Waals surface area (Å²) < 4.78 is 35.5. The Labute approximate surface area is 255 Å². The zero-order chi connectivity index (χ0) is 29.1. The normalized spacial score (nSPS) is 20.2. The maximum absolute atomic E-state index is 14.6. The summed E-state index contributed by atoms with van der Waals surface area (Å²) in [6, 6.07) is 8.47. The van der Waals surface area contributed by atoms with E-state index in [-0.39, 0.29) is 11.8 Å². The molecule has 0 bridgehead atoms. The molecule has 3 fully saturated rings. The molecule has 3 aliphatic rings. The minimum atomic E-state index is -4.04. The summed E-state index contributed by atoms with van der Waals surface area (Å²) in [7, 11) is -4.04. The second kappa shape index (κ2) is 13.5. The molecule has 0 atom stereocenters. The Morgan fingerprint density at radius 1 is 0.634 bits per heavy atom. The Morgan fingerprint density at radius 2 is 1.02 bits per heavy atom. The lowest BCUT2D eigenvalue weighted by molar-refractivity contribution is 0.414. The van der Waals surface area contributed by atoms with Crippen LogP contribution in [0.25, 0.3) is 0 Å². The average molecular weight is 597 g/mol. The minimum Gasteiger partial charge on any atom is -0.379 e. The molecule has 3 saturated carbocycles. The average Bonchev–Trinajstić information content (AvgIpc) is 2.98. The molecule has 2 aromatic rings. The van der Waals surface area contributed by atoms with Crippen LogP contribution in [0.3, 0.4) is 0 Å². The number of thiol groups is 1. The van der Waals surface area contributed by atoms with Crippen LogP contribution in [0.1, 0.15) is 181 Å². The van der Waals surface area contributed by atoms with E-state index in [4.69, 9.17) is 16.8 Å². The largest absolute Gasteiger partial charge is 0.379 e. The van der Waals surface area contributed by atoms with Gasteiger partial charge in [-0.15, -0.1) is 12.6 Å². The van der Waals surface area contributed by atoms with Crippen LogP contribution in [0.4, 0.5) is 0 Å². The highest BCUT2D eigenvalue weighted by atomic mass is 32.2. The minimum absolute atomic E-state index is 0.219. The Balaban J connectivity index is 1.66. The second-order valence-electron chi connectivity index (χ2n) is 13.8. The van der Waals surface area contributed by atoms with Gasteiger partial charge in [0.05, 0.1) is 0 Å². The molecule has 0 radical (unpaired) electrons. The number of benzene rings is 2. The molecule has 0 N–H and O–H groups in total. The Kier molecular flexibility index (Phi) is 10.2. The highest BCUT2D eigenvalue weighted by Crippen LogP contribution is 2.46. The quantitative estimate of drug-likeness (QED) is 0.243. The fourth-order valence-corrected chi connectivity index (χ4v) is 9.95. The lowest BCUT2D eigenvalue weighted by atomic mass is 9.76. The first kappa shape index (κ1) is 31.0. The topological polar surface area (TPSA) is 43.4 Å². The summed E-state index contributed by atoms with van der Waals surface area (Å²) >= 11 is 4.85. The Morgan fingerprint density at radius 3 is 1.41 bits per heavy atom. The zero-order valence-electron chi connectivity index (χ0n) is 25.9. The van der Waals surface area contributed by atoms with Crippen LogP contribution in [-0.4, -0.2) is 8.42 Å². The molecular weight excluding hydrogens is 545 g/mol. The molecule has 0 aromatic heterocycles. The molecule has 2 aromatic carbocycles. The van der Waals surface area contributed by atoms with Crippen LogP contribution < -0.4 is 4.18 Å². The van der Waals surface area contributed by atoms with E-state index >= 15 is 0 Å². The fourth-order valence-electron chi connectivity index (χ4n) is 7.84. The standard InChI is InChI=1S/C36H52O3S2/c1-24(2)31-22-30(23-32(25(3)4)35(31)40)39-41(37,38)36-33(27-16-10-6-11-17-27)20-29(26-14-8-5-9-15-26)21-34(36)28-18-12-7-13-19-28/h20-28,40H,5-19H2,1-4H3. The van der Waals surface area contributed by atoms with Crippen molar-refractivity contribution in [1.82, 2.24) is 0 Å². The Hall–Kier alpha value is -1.46. The first-order valence-electron chi connectivity index (χ1n) is 16.6. The number of hydrogen-bond acceptors (Lipinski definition) is 4. The summed E-state index contributed by atoms with van der Waals surface area (Å²) in [6.07, 6.45) is 17.8. The van der Waals surface area contributed by atoms with Crippen molar-refractivity contribution in [2.45, 2.75) is 163 Å². The molecule has 0 unspecified atom stereocenters. The van der Waals surface area contributed by atoms with Crippen LogP contribution >= 0.6 is 12.6 Å². The van der Waals surface area contributed by atoms with Gasteiger partial charge in [0.1, 0.15) is 10.6 Å². The van der Waals surface area contributed by atoms with E-state index < -0.39 is 10.1 Å². The molecule has 226 valence electrons. The molecule has 5 heteroatoms. The van der Waals surface area contributed by atoms with Crippen molar-refractivity contribution < 1.29 is 12.6 Å². The second-order valence-corrected chi connectivity index (χ2v) is 15.8. The molecule has 0 spiro atoms. The molecule has 0 amide bonds. The Bertz CT molecular complexity index is 1220. The van der Waals surface area contributed by atoms with Crippen molar-refractivity contribution in [1.29, 1.82) is 0 Å². The third-order valence-corrected chi connectivity index (χ3v) is 12.1. The smallest absolute Gasteiger partial charge is 0.339 e. The maximum Gasteiger partial charge on any atom is 0.339 e. The van der Waals surface area contributed by atoms with Crippen molar-refractivity contribution in [3.05, 3.63) is 52.1 Å². The lowest BCUT2D eigenvalue weighted by Gasteiger charge is -2.32. The van der Waals surface area contributed by atoms with Crippen molar-refractivity contribution >= 4 is 22.7 Å². The van der Waals surface area contributed by atoms with Gasteiger partial charge in [0.25, 0.3) is 0 Å². The van der Waals surface area contributed by atoms with Crippen molar-refractivity contribution in [3.8, 4) is 5.75 Å². The first-order valence-corrected chi connectivity index (χ1v) is 18.5. The maximum atomic E-state index is 14.6. The van der Waals surface area contributed by atoms with Gasteiger partial charge in [-0.3, -0.25) is 0 Å². The van der Waals surface area contributed by atoms with Gasteiger partial charge in [-0.2, -0.15) is 8.42 Å². The predicted molar refractivity (Wildman–Crippen MR) is 174 cm³/mol. The van der Waals surface area contributed by atoms with E-state index in [1.807, 2.05) is 12.1 Å². The van der Waals surface area contributed by atoms with Crippen molar-refractivity contribution in [3.63, 3.8) is 0 Å². The monoisotopic (exact) mass is 596 g/mol. The third kappa shape index (κ3) is 7.03. The van der Waals surface area contributed by atoms with E-state index in [0.29, 0.717) is 28.4 Å². The molecule has 0 saturated heterocycles. The molecule has 41 heavy (non-hydrogen) atoms. The van der Waals surface area contributed by atoms with Gasteiger partial charge in [-0.1, -0.05) is 97.6 Å². The van der Waals surface area contributed by atoms with Gasteiger partial charge >= 0.3 is 10.1 Å². The van der Waals surface area contributed by atoms with E-state index in [0.717, 1.165) is 52.8 Å². The summed E-state index contributed by atoms with van der Waals surface area (Å²) in [4.78, 5) is 1.46. The molecule has 0 heterocycles. The van der Waals surface area contributed by atoms with Gasteiger partial charge in [0.2, 0.25) is 0 Å². The lowest BCUT2D eigenvalue weighted by Crippen LogP contribution is -2.21. The molecule has 3 aliphatic carbocycles. The SMILES string of the molecule is CC(C)c1cc(OS(=O)(=O)c2c(C3CCCCC3)cc(C3CCCCC3)cc2C2CCCCC2)cc(C(C)C)c1S.